The van der Waals surface area contributed by atoms with Crippen LogP contribution in [0.3, 0.4) is 0 Å². The van der Waals surface area contributed by atoms with Crippen molar-refractivity contribution in [2.75, 3.05) is 7.11 Å². The molecule has 1 heteroatoms. The normalized spacial score (nSPS) is 42.6. The molecule has 118 valence electrons. The van der Waals surface area contributed by atoms with Crippen molar-refractivity contribution in [2.45, 2.75) is 84.7 Å². The van der Waals surface area contributed by atoms with Crippen molar-refractivity contribution < 1.29 is 4.74 Å². The first-order valence-electron chi connectivity index (χ1n) is 9.20. The van der Waals surface area contributed by atoms with Gasteiger partial charge in [-0.1, -0.05) is 52.9 Å². The minimum absolute atomic E-state index is 0.516. The number of hydrogen-bond acceptors (Lipinski definition) is 1. The molecule has 1 nitrogen and oxygen atoms in total. The van der Waals surface area contributed by atoms with Crippen LogP contribution in [0.2, 0.25) is 0 Å². The smallest absolute Gasteiger partial charge is 0.0599 e. The predicted octanol–water partition coefficient (Wildman–Crippen LogP) is 5.68. The van der Waals surface area contributed by atoms with Crippen LogP contribution in [0.25, 0.3) is 0 Å². The Hall–Kier alpha value is -0.0400. The van der Waals surface area contributed by atoms with Crippen molar-refractivity contribution in [3.05, 3.63) is 0 Å². The molecule has 2 aliphatic rings. The first-order valence-corrected chi connectivity index (χ1v) is 9.20. The summed E-state index contributed by atoms with van der Waals surface area (Å²) >= 11 is 0. The minimum Gasteiger partial charge on any atom is -0.381 e. The molecule has 0 aromatic heterocycles. The van der Waals surface area contributed by atoms with Crippen LogP contribution in [-0.2, 0) is 4.74 Å². The van der Waals surface area contributed by atoms with Crippen molar-refractivity contribution >= 4 is 0 Å². The molecule has 2 fully saturated rings. The molecule has 0 aromatic carbocycles. The summed E-state index contributed by atoms with van der Waals surface area (Å²) in [6, 6.07) is 0. The molecule has 2 rings (SSSR count). The van der Waals surface area contributed by atoms with Crippen LogP contribution in [0.1, 0.15) is 78.6 Å². The maximum atomic E-state index is 5.67. The topological polar surface area (TPSA) is 9.23 Å². The van der Waals surface area contributed by atoms with E-state index >= 15 is 0 Å². The van der Waals surface area contributed by atoms with E-state index in [0.29, 0.717) is 6.10 Å². The van der Waals surface area contributed by atoms with E-state index in [4.69, 9.17) is 4.74 Å². The third kappa shape index (κ3) is 3.78. The molecule has 2 saturated carbocycles. The maximum absolute atomic E-state index is 5.67. The predicted molar refractivity (Wildman–Crippen MR) is 86.8 cm³/mol. The van der Waals surface area contributed by atoms with Gasteiger partial charge in [-0.3, -0.25) is 0 Å². The molecule has 4 atom stereocenters. The van der Waals surface area contributed by atoms with Gasteiger partial charge in [-0.2, -0.15) is 0 Å². The summed E-state index contributed by atoms with van der Waals surface area (Å²) in [6.45, 7) is 7.23. The lowest BCUT2D eigenvalue weighted by Gasteiger charge is -2.44. The quantitative estimate of drug-likeness (QED) is 0.629. The first kappa shape index (κ1) is 16.3. The summed E-state index contributed by atoms with van der Waals surface area (Å²) in [7, 11) is 1.90. The molecule has 0 radical (unpaired) electrons. The van der Waals surface area contributed by atoms with E-state index in [0.717, 1.165) is 29.6 Å². The molecule has 20 heavy (non-hydrogen) atoms. The summed E-state index contributed by atoms with van der Waals surface area (Å²) < 4.78 is 5.67. The third-order valence-corrected chi connectivity index (χ3v) is 6.64. The Morgan fingerprint density at radius 1 is 0.900 bits per heavy atom. The van der Waals surface area contributed by atoms with Gasteiger partial charge in [0.2, 0.25) is 0 Å². The number of hydrogen-bond donors (Lipinski definition) is 0. The van der Waals surface area contributed by atoms with Gasteiger partial charge in [0.05, 0.1) is 6.10 Å². The van der Waals surface area contributed by atoms with Crippen LogP contribution >= 0.6 is 0 Å². The van der Waals surface area contributed by atoms with Gasteiger partial charge >= 0.3 is 0 Å². The number of unbranched alkanes of at least 4 members (excludes halogenated alkanes) is 1. The van der Waals surface area contributed by atoms with Crippen molar-refractivity contribution in [2.24, 2.45) is 29.6 Å². The second-order valence-corrected chi connectivity index (χ2v) is 7.66. The summed E-state index contributed by atoms with van der Waals surface area (Å²) in [5.41, 5.74) is 0. The van der Waals surface area contributed by atoms with E-state index in [1.165, 1.54) is 57.8 Å². The molecule has 0 aliphatic heterocycles. The Morgan fingerprint density at radius 3 is 2.20 bits per heavy atom. The fourth-order valence-corrected chi connectivity index (χ4v) is 5.01. The number of methoxy groups -OCH3 is 1. The zero-order valence-electron chi connectivity index (χ0n) is 14.2. The summed E-state index contributed by atoms with van der Waals surface area (Å²) in [6.07, 6.45) is 13.6. The monoisotopic (exact) mass is 280 g/mol. The molecule has 0 spiro atoms. The molecule has 0 N–H and O–H groups in total. The van der Waals surface area contributed by atoms with E-state index < -0.39 is 0 Å². The third-order valence-electron chi connectivity index (χ3n) is 6.64. The molecular formula is C19H36O. The summed E-state index contributed by atoms with van der Waals surface area (Å²) in [5.74, 6) is 4.64. The van der Waals surface area contributed by atoms with Gasteiger partial charge in [0.15, 0.2) is 0 Å². The Balaban J connectivity index is 1.81. The fraction of sp³-hybridized carbons (Fsp3) is 1.00. The second-order valence-electron chi connectivity index (χ2n) is 7.66. The highest BCUT2D eigenvalue weighted by atomic mass is 16.5. The number of ether oxygens (including phenoxy) is 1. The van der Waals surface area contributed by atoms with Crippen molar-refractivity contribution in [3.8, 4) is 0 Å². The SMILES string of the molecule is CCCCC1CCC(C2CCC(OC)C(C)C2C)CC1. The molecule has 0 heterocycles. The van der Waals surface area contributed by atoms with Crippen LogP contribution in [0.5, 0.6) is 0 Å². The largest absolute Gasteiger partial charge is 0.381 e. The standard InChI is InChI=1S/C19H36O/c1-5-6-7-16-8-10-17(11-9-16)18-12-13-19(20-4)15(3)14(18)2/h14-19H,5-13H2,1-4H3. The van der Waals surface area contributed by atoms with Gasteiger partial charge in [-0.15, -0.1) is 0 Å². The van der Waals surface area contributed by atoms with Crippen LogP contribution in [0, 0.1) is 29.6 Å². The average molecular weight is 280 g/mol. The molecule has 0 amide bonds. The van der Waals surface area contributed by atoms with Crippen LogP contribution in [0.4, 0.5) is 0 Å². The highest BCUT2D eigenvalue weighted by molar-refractivity contribution is 4.88. The maximum Gasteiger partial charge on any atom is 0.0599 e. The van der Waals surface area contributed by atoms with E-state index in [1.54, 1.807) is 0 Å². The van der Waals surface area contributed by atoms with Gasteiger partial charge in [-0.05, 0) is 55.3 Å². The van der Waals surface area contributed by atoms with Crippen LogP contribution in [0.15, 0.2) is 0 Å². The molecule has 4 unspecified atom stereocenters. The Bertz CT molecular complexity index is 267. The zero-order valence-corrected chi connectivity index (χ0v) is 14.2. The van der Waals surface area contributed by atoms with E-state index in [1.807, 2.05) is 7.11 Å². The van der Waals surface area contributed by atoms with E-state index in [9.17, 15) is 0 Å². The molecule has 0 saturated heterocycles. The van der Waals surface area contributed by atoms with Gasteiger partial charge in [0, 0.05) is 7.11 Å². The zero-order chi connectivity index (χ0) is 14.5. The van der Waals surface area contributed by atoms with Gasteiger partial charge < -0.3 is 4.74 Å². The average Bonchev–Trinajstić information content (AvgIpc) is 2.48. The van der Waals surface area contributed by atoms with E-state index in [-0.39, 0.29) is 0 Å². The fourth-order valence-electron chi connectivity index (χ4n) is 5.01. The van der Waals surface area contributed by atoms with E-state index in [2.05, 4.69) is 20.8 Å². The Labute approximate surface area is 126 Å². The molecule has 0 bridgehead atoms. The molecule has 0 aromatic rings. The molecule has 2 aliphatic carbocycles. The summed E-state index contributed by atoms with van der Waals surface area (Å²) in [4.78, 5) is 0. The van der Waals surface area contributed by atoms with Gasteiger partial charge in [-0.25, -0.2) is 0 Å². The lowest BCUT2D eigenvalue weighted by atomic mass is 9.63. The Kier molecular flexibility index (Phi) is 6.39. The molecular weight excluding hydrogens is 244 g/mol. The summed E-state index contributed by atoms with van der Waals surface area (Å²) in [5, 5.41) is 0. The van der Waals surface area contributed by atoms with Crippen LogP contribution in [-0.4, -0.2) is 13.2 Å². The van der Waals surface area contributed by atoms with Crippen LogP contribution < -0.4 is 0 Å². The van der Waals surface area contributed by atoms with Gasteiger partial charge in [0.1, 0.15) is 0 Å². The Morgan fingerprint density at radius 2 is 1.60 bits per heavy atom. The highest BCUT2D eigenvalue weighted by Crippen LogP contribution is 2.45. The van der Waals surface area contributed by atoms with Gasteiger partial charge in [0.25, 0.3) is 0 Å². The van der Waals surface area contributed by atoms with Crippen molar-refractivity contribution in [1.29, 1.82) is 0 Å². The first-order chi connectivity index (χ1) is 9.67. The lowest BCUT2D eigenvalue weighted by Crippen LogP contribution is -2.39. The number of rotatable bonds is 5. The highest BCUT2D eigenvalue weighted by Gasteiger charge is 2.38. The van der Waals surface area contributed by atoms with Crippen molar-refractivity contribution in [1.82, 2.24) is 0 Å². The second kappa shape index (κ2) is 7.82. The minimum atomic E-state index is 0.516. The van der Waals surface area contributed by atoms with Crippen molar-refractivity contribution in [3.63, 3.8) is 0 Å². The lowest BCUT2D eigenvalue weighted by molar-refractivity contribution is -0.0338.